The minimum atomic E-state index is -0.818. The van der Waals surface area contributed by atoms with Gasteiger partial charge in [0.05, 0.1) is 6.61 Å². The maximum absolute atomic E-state index is 11.3. The standard InChI is InChI=1S/C11H9NO4/c13-6-8(7-4-2-1-3-5-7)9-10(14)12-11(15)16-9/h1-5,13H,6H2,(H,12,14,15)/b9-8-. The summed E-state index contributed by atoms with van der Waals surface area (Å²) in [6.07, 6.45) is -0.818. The van der Waals surface area contributed by atoms with E-state index in [-0.39, 0.29) is 12.4 Å². The lowest BCUT2D eigenvalue weighted by Crippen LogP contribution is -2.19. The highest BCUT2D eigenvalue weighted by Crippen LogP contribution is 2.21. The van der Waals surface area contributed by atoms with Gasteiger partial charge in [0.15, 0.2) is 0 Å². The number of nitrogens with one attached hydrogen (secondary N) is 1. The number of aliphatic hydroxyl groups is 1. The lowest BCUT2D eigenvalue weighted by atomic mass is 10.1. The third kappa shape index (κ3) is 1.80. The summed E-state index contributed by atoms with van der Waals surface area (Å²) in [5.74, 6) is -0.767. The van der Waals surface area contributed by atoms with E-state index in [0.29, 0.717) is 11.1 Å². The SMILES string of the molecule is O=C1NC(=O)/C(=C(\CO)c2ccccc2)O1. The molecule has 0 saturated carbocycles. The van der Waals surface area contributed by atoms with Crippen molar-refractivity contribution >= 4 is 17.6 Å². The van der Waals surface area contributed by atoms with Gasteiger partial charge in [-0.25, -0.2) is 4.79 Å². The molecule has 0 aromatic heterocycles. The van der Waals surface area contributed by atoms with Crippen LogP contribution < -0.4 is 5.32 Å². The molecule has 1 aliphatic rings. The highest BCUT2D eigenvalue weighted by atomic mass is 16.6. The van der Waals surface area contributed by atoms with Crippen molar-refractivity contribution in [1.29, 1.82) is 0 Å². The molecule has 2 rings (SSSR count). The Kier molecular flexibility index (Phi) is 2.70. The van der Waals surface area contributed by atoms with E-state index < -0.39 is 12.0 Å². The maximum atomic E-state index is 11.3. The van der Waals surface area contributed by atoms with Crippen molar-refractivity contribution < 1.29 is 19.4 Å². The minimum Gasteiger partial charge on any atom is -0.404 e. The number of ether oxygens (including phenoxy) is 1. The van der Waals surface area contributed by atoms with Gasteiger partial charge in [0.1, 0.15) is 0 Å². The Bertz CT molecular complexity index is 464. The first-order chi connectivity index (χ1) is 7.72. The number of amides is 2. The first-order valence-electron chi connectivity index (χ1n) is 4.65. The summed E-state index contributed by atoms with van der Waals surface area (Å²) >= 11 is 0. The van der Waals surface area contributed by atoms with E-state index in [1.54, 1.807) is 24.3 Å². The second-order valence-electron chi connectivity index (χ2n) is 3.18. The van der Waals surface area contributed by atoms with Crippen molar-refractivity contribution in [2.45, 2.75) is 0 Å². The molecule has 1 aromatic rings. The first kappa shape index (κ1) is 10.4. The predicted molar refractivity (Wildman–Crippen MR) is 55.1 cm³/mol. The average Bonchev–Trinajstić information content (AvgIpc) is 2.61. The van der Waals surface area contributed by atoms with Gasteiger partial charge in [0, 0.05) is 5.57 Å². The van der Waals surface area contributed by atoms with Crippen LogP contribution in [0.1, 0.15) is 5.56 Å². The Labute approximate surface area is 91.3 Å². The van der Waals surface area contributed by atoms with E-state index in [1.165, 1.54) is 0 Å². The molecule has 1 saturated heterocycles. The van der Waals surface area contributed by atoms with Gasteiger partial charge in [-0.1, -0.05) is 30.3 Å². The molecule has 0 atom stereocenters. The first-order valence-corrected chi connectivity index (χ1v) is 4.65. The molecule has 5 nitrogen and oxygen atoms in total. The zero-order chi connectivity index (χ0) is 11.5. The summed E-state index contributed by atoms with van der Waals surface area (Å²) in [6, 6.07) is 8.78. The molecule has 5 heteroatoms. The molecule has 0 unspecified atom stereocenters. The average molecular weight is 219 g/mol. The molecule has 1 aromatic carbocycles. The van der Waals surface area contributed by atoms with Gasteiger partial charge >= 0.3 is 6.09 Å². The van der Waals surface area contributed by atoms with Crippen LogP contribution >= 0.6 is 0 Å². The summed E-state index contributed by atoms with van der Waals surface area (Å²) in [4.78, 5) is 22.2. The molecule has 2 amide bonds. The fraction of sp³-hybridized carbons (Fsp3) is 0.0909. The van der Waals surface area contributed by atoms with Crippen molar-refractivity contribution in [3.63, 3.8) is 0 Å². The number of alkyl carbamates (subject to hydrolysis) is 1. The second-order valence-corrected chi connectivity index (χ2v) is 3.18. The van der Waals surface area contributed by atoms with Crippen LogP contribution in [0.3, 0.4) is 0 Å². The lowest BCUT2D eigenvalue weighted by Gasteiger charge is -2.05. The summed E-state index contributed by atoms with van der Waals surface area (Å²) in [5, 5.41) is 11.2. The van der Waals surface area contributed by atoms with E-state index >= 15 is 0 Å². The van der Waals surface area contributed by atoms with Crippen LogP contribution in [-0.2, 0) is 9.53 Å². The van der Waals surface area contributed by atoms with Crippen LogP contribution in [0, 0.1) is 0 Å². The smallest absolute Gasteiger partial charge is 0.404 e. The van der Waals surface area contributed by atoms with Gasteiger partial charge in [0.2, 0.25) is 5.76 Å². The number of rotatable bonds is 2. The van der Waals surface area contributed by atoms with Gasteiger partial charge in [0.25, 0.3) is 5.91 Å². The number of cyclic esters (lactones) is 1. The summed E-state index contributed by atoms with van der Waals surface area (Å²) in [5.41, 5.74) is 0.939. The molecule has 0 bridgehead atoms. The maximum Gasteiger partial charge on any atom is 0.419 e. The third-order valence-corrected chi connectivity index (χ3v) is 2.17. The Morgan fingerprint density at radius 3 is 2.44 bits per heavy atom. The van der Waals surface area contributed by atoms with E-state index in [0.717, 1.165) is 0 Å². The van der Waals surface area contributed by atoms with Gasteiger partial charge < -0.3 is 9.84 Å². The Hall–Kier alpha value is -2.14. The fourth-order valence-electron chi connectivity index (χ4n) is 1.45. The molecule has 0 aliphatic carbocycles. The fourth-order valence-corrected chi connectivity index (χ4v) is 1.45. The van der Waals surface area contributed by atoms with Gasteiger partial charge in [-0.05, 0) is 5.56 Å². The number of benzene rings is 1. The quantitative estimate of drug-likeness (QED) is 0.716. The van der Waals surface area contributed by atoms with Gasteiger partial charge in [-0.15, -0.1) is 0 Å². The van der Waals surface area contributed by atoms with Crippen molar-refractivity contribution in [2.24, 2.45) is 0 Å². The number of carbonyl (C=O) groups is 2. The largest absolute Gasteiger partial charge is 0.419 e. The molecule has 2 N–H and O–H groups in total. The van der Waals surface area contributed by atoms with Gasteiger partial charge in [-0.2, -0.15) is 0 Å². The molecule has 16 heavy (non-hydrogen) atoms. The van der Waals surface area contributed by atoms with Crippen molar-refractivity contribution in [3.05, 3.63) is 41.7 Å². The molecule has 0 radical (unpaired) electrons. The highest BCUT2D eigenvalue weighted by molar-refractivity contribution is 6.11. The Balaban J connectivity index is 2.47. The normalized spacial score (nSPS) is 18.1. The monoisotopic (exact) mass is 219 g/mol. The number of carbonyl (C=O) groups excluding carboxylic acids is 2. The van der Waals surface area contributed by atoms with E-state index in [4.69, 9.17) is 4.74 Å². The number of hydrogen-bond acceptors (Lipinski definition) is 4. The number of imide groups is 1. The zero-order valence-electron chi connectivity index (χ0n) is 8.27. The number of aliphatic hydroxyl groups excluding tert-OH is 1. The summed E-state index contributed by atoms with van der Waals surface area (Å²) in [6.45, 7) is -0.375. The molecule has 82 valence electrons. The van der Waals surface area contributed by atoms with Crippen molar-refractivity contribution in [2.75, 3.05) is 6.61 Å². The van der Waals surface area contributed by atoms with Crippen LogP contribution in [0.2, 0.25) is 0 Å². The lowest BCUT2D eigenvalue weighted by molar-refractivity contribution is -0.116. The Morgan fingerprint density at radius 1 is 1.25 bits per heavy atom. The van der Waals surface area contributed by atoms with Crippen LogP contribution in [-0.4, -0.2) is 23.7 Å². The van der Waals surface area contributed by atoms with Crippen molar-refractivity contribution in [1.82, 2.24) is 5.32 Å². The predicted octanol–water partition coefficient (Wildman–Crippen LogP) is 0.656. The van der Waals surface area contributed by atoms with Crippen molar-refractivity contribution in [3.8, 4) is 0 Å². The van der Waals surface area contributed by atoms with E-state index in [9.17, 15) is 14.7 Å². The molecular weight excluding hydrogens is 210 g/mol. The van der Waals surface area contributed by atoms with Crippen LogP contribution in [0.15, 0.2) is 36.1 Å². The van der Waals surface area contributed by atoms with Gasteiger partial charge in [-0.3, -0.25) is 10.1 Å². The topological polar surface area (TPSA) is 75.6 Å². The minimum absolute atomic E-state index is 0.140. The molecule has 0 spiro atoms. The van der Waals surface area contributed by atoms with Crippen LogP contribution in [0.5, 0.6) is 0 Å². The van der Waals surface area contributed by atoms with E-state index in [1.807, 2.05) is 11.4 Å². The zero-order valence-corrected chi connectivity index (χ0v) is 8.27. The molecular formula is C11H9NO4. The highest BCUT2D eigenvalue weighted by Gasteiger charge is 2.29. The molecule has 1 heterocycles. The van der Waals surface area contributed by atoms with E-state index in [2.05, 4.69) is 0 Å². The third-order valence-electron chi connectivity index (χ3n) is 2.17. The summed E-state index contributed by atoms with van der Waals surface area (Å²) in [7, 11) is 0. The van der Waals surface area contributed by atoms with Crippen LogP contribution in [0.4, 0.5) is 4.79 Å². The second kappa shape index (κ2) is 4.16. The molecule has 1 fully saturated rings. The number of hydrogen-bond donors (Lipinski definition) is 2. The Morgan fingerprint density at radius 2 is 1.94 bits per heavy atom. The molecule has 1 aliphatic heterocycles. The summed E-state index contributed by atoms with van der Waals surface area (Å²) < 4.78 is 4.70. The van der Waals surface area contributed by atoms with Crippen LogP contribution in [0.25, 0.3) is 5.57 Å².